The van der Waals surface area contributed by atoms with Crippen LogP contribution in [-0.2, 0) is 7.05 Å². The lowest BCUT2D eigenvalue weighted by Crippen LogP contribution is -3.00. The molecule has 2 aromatic carbocycles. The van der Waals surface area contributed by atoms with E-state index in [-0.39, 0.29) is 24.0 Å². The van der Waals surface area contributed by atoms with Crippen LogP contribution in [0.3, 0.4) is 0 Å². The molecule has 0 spiro atoms. The monoisotopic (exact) mass is 409 g/mol. The molecule has 4 heteroatoms. The van der Waals surface area contributed by atoms with E-state index in [0.29, 0.717) is 0 Å². The van der Waals surface area contributed by atoms with Crippen molar-refractivity contribution >= 4 is 22.7 Å². The number of pyridine rings is 1. The molecule has 0 unspecified atom stereocenters. The summed E-state index contributed by atoms with van der Waals surface area (Å²) < 4.78 is 7.35. The Morgan fingerprint density at radius 3 is 2.38 bits per heavy atom. The minimum Gasteiger partial charge on any atom is -1.00 e. The lowest BCUT2D eigenvalue weighted by Gasteiger charge is -2.04. The number of fused-ring (bicyclic) bond motifs is 1. The highest BCUT2D eigenvalue weighted by molar-refractivity contribution is 7.99. The minimum atomic E-state index is 0. The summed E-state index contributed by atoms with van der Waals surface area (Å²) in [5.74, 6) is 0.887. The van der Waals surface area contributed by atoms with Gasteiger partial charge in [0, 0.05) is 16.3 Å². The first-order chi connectivity index (χ1) is 9.76. The Labute approximate surface area is 146 Å². The first-order valence-electron chi connectivity index (χ1n) is 6.46. The van der Waals surface area contributed by atoms with Crippen LogP contribution in [0.1, 0.15) is 0 Å². The summed E-state index contributed by atoms with van der Waals surface area (Å²) in [6.07, 6.45) is 2.16. The lowest BCUT2D eigenvalue weighted by atomic mass is 10.2. The molecule has 0 aliphatic carbocycles. The van der Waals surface area contributed by atoms with Crippen molar-refractivity contribution in [2.24, 2.45) is 7.05 Å². The standard InChI is InChI=1S/C17H16NOS.HI/c1-18-12-16(11-13-5-3-4-6-17(13)18)20-15-9-7-14(19-2)8-10-15;/h3-12H,1-2H3;1H/q+1;/p-1. The van der Waals surface area contributed by atoms with E-state index in [1.54, 1.807) is 18.9 Å². The Morgan fingerprint density at radius 1 is 0.952 bits per heavy atom. The van der Waals surface area contributed by atoms with Gasteiger partial charge in [-0.3, -0.25) is 0 Å². The predicted octanol–water partition coefficient (Wildman–Crippen LogP) is 0.828. The number of hydrogen-bond donors (Lipinski definition) is 0. The number of hydrogen-bond acceptors (Lipinski definition) is 2. The predicted molar refractivity (Wildman–Crippen MR) is 82.2 cm³/mol. The van der Waals surface area contributed by atoms with Crippen molar-refractivity contribution in [3.8, 4) is 5.75 Å². The van der Waals surface area contributed by atoms with Crippen LogP contribution in [0.25, 0.3) is 10.9 Å². The van der Waals surface area contributed by atoms with Gasteiger partial charge in [0.2, 0.25) is 5.52 Å². The molecule has 0 saturated carbocycles. The van der Waals surface area contributed by atoms with E-state index in [9.17, 15) is 0 Å². The van der Waals surface area contributed by atoms with Crippen molar-refractivity contribution in [1.82, 2.24) is 0 Å². The molecular weight excluding hydrogens is 393 g/mol. The van der Waals surface area contributed by atoms with Crippen molar-refractivity contribution in [2.45, 2.75) is 9.79 Å². The molecule has 1 aromatic heterocycles. The summed E-state index contributed by atoms with van der Waals surface area (Å²) in [6.45, 7) is 0. The second-order valence-corrected chi connectivity index (χ2v) is 5.77. The van der Waals surface area contributed by atoms with Crippen LogP contribution >= 0.6 is 11.8 Å². The van der Waals surface area contributed by atoms with E-state index in [1.165, 1.54) is 20.7 Å². The fourth-order valence-corrected chi connectivity index (χ4v) is 3.16. The summed E-state index contributed by atoms with van der Waals surface area (Å²) in [5, 5.41) is 1.26. The third kappa shape index (κ3) is 3.68. The number of benzene rings is 2. The summed E-state index contributed by atoms with van der Waals surface area (Å²) in [5.41, 5.74) is 1.24. The third-order valence-electron chi connectivity index (χ3n) is 3.23. The quantitative estimate of drug-likeness (QED) is 0.470. The molecule has 3 aromatic rings. The largest absolute Gasteiger partial charge is 1.00 e. The average Bonchev–Trinajstić information content (AvgIpc) is 2.48. The van der Waals surface area contributed by atoms with Gasteiger partial charge < -0.3 is 28.7 Å². The van der Waals surface area contributed by atoms with Crippen molar-refractivity contribution in [3.63, 3.8) is 0 Å². The molecule has 0 atom stereocenters. The molecule has 0 radical (unpaired) electrons. The Kier molecular flexibility index (Phi) is 5.47. The van der Waals surface area contributed by atoms with Gasteiger partial charge >= 0.3 is 0 Å². The molecule has 0 N–H and O–H groups in total. The van der Waals surface area contributed by atoms with E-state index in [4.69, 9.17) is 4.74 Å². The number of ether oxygens (including phenoxy) is 1. The topological polar surface area (TPSA) is 13.1 Å². The molecule has 0 bridgehead atoms. The van der Waals surface area contributed by atoms with Crippen LogP contribution in [0.2, 0.25) is 0 Å². The Bertz CT molecular complexity index is 743. The van der Waals surface area contributed by atoms with Crippen LogP contribution in [0.5, 0.6) is 5.75 Å². The SMILES string of the molecule is COc1ccc(Sc2cc3ccccc3[n+](C)c2)cc1.[I-]. The van der Waals surface area contributed by atoms with Gasteiger partial charge in [0.1, 0.15) is 12.8 Å². The summed E-state index contributed by atoms with van der Waals surface area (Å²) >= 11 is 1.76. The second kappa shape index (κ2) is 7.13. The van der Waals surface area contributed by atoms with Crippen molar-refractivity contribution in [1.29, 1.82) is 0 Å². The van der Waals surface area contributed by atoms with Crippen LogP contribution in [-0.4, -0.2) is 7.11 Å². The summed E-state index contributed by atoms with van der Waals surface area (Å²) in [4.78, 5) is 2.44. The van der Waals surface area contributed by atoms with Crippen LogP contribution < -0.4 is 33.3 Å². The van der Waals surface area contributed by atoms with E-state index < -0.39 is 0 Å². The highest BCUT2D eigenvalue weighted by atomic mass is 127. The van der Waals surface area contributed by atoms with Gasteiger partial charge in [-0.25, -0.2) is 0 Å². The Balaban J connectivity index is 0.00000161. The normalized spacial score (nSPS) is 10.2. The van der Waals surface area contributed by atoms with Gasteiger partial charge in [0.15, 0.2) is 6.20 Å². The molecule has 0 fully saturated rings. The van der Waals surface area contributed by atoms with Gasteiger partial charge in [0.05, 0.1) is 12.0 Å². The van der Waals surface area contributed by atoms with Crippen molar-refractivity contribution in [2.75, 3.05) is 7.11 Å². The van der Waals surface area contributed by atoms with Gasteiger partial charge in [-0.05, 0) is 36.4 Å². The molecular formula is C17H16INOS. The molecule has 0 amide bonds. The first kappa shape index (κ1) is 16.1. The molecule has 0 saturated heterocycles. The Morgan fingerprint density at radius 2 is 1.67 bits per heavy atom. The highest BCUT2D eigenvalue weighted by Gasteiger charge is 2.08. The summed E-state index contributed by atoms with van der Waals surface area (Å²) in [6, 6.07) is 18.8. The molecule has 108 valence electrons. The highest BCUT2D eigenvalue weighted by Crippen LogP contribution is 2.29. The van der Waals surface area contributed by atoms with Crippen LogP contribution in [0.4, 0.5) is 0 Å². The molecule has 1 heterocycles. The fourth-order valence-electron chi connectivity index (χ4n) is 2.22. The van der Waals surface area contributed by atoms with Gasteiger partial charge in [-0.1, -0.05) is 23.9 Å². The van der Waals surface area contributed by atoms with Crippen LogP contribution in [0, 0.1) is 0 Å². The van der Waals surface area contributed by atoms with E-state index in [0.717, 1.165) is 5.75 Å². The first-order valence-corrected chi connectivity index (χ1v) is 7.28. The zero-order valence-electron chi connectivity index (χ0n) is 11.9. The smallest absolute Gasteiger partial charge is 0.212 e. The van der Waals surface area contributed by atoms with E-state index in [1.807, 2.05) is 12.1 Å². The number of halogens is 1. The van der Waals surface area contributed by atoms with Crippen molar-refractivity contribution < 1.29 is 33.3 Å². The number of aryl methyl sites for hydroxylation is 1. The fraction of sp³-hybridized carbons (Fsp3) is 0.118. The molecule has 0 aliphatic heterocycles. The maximum Gasteiger partial charge on any atom is 0.212 e. The molecule has 0 aliphatic rings. The van der Waals surface area contributed by atoms with Crippen LogP contribution in [0.15, 0.2) is 70.6 Å². The summed E-state index contributed by atoms with van der Waals surface area (Å²) in [7, 11) is 3.77. The number of para-hydroxylation sites is 1. The van der Waals surface area contributed by atoms with E-state index in [2.05, 4.69) is 60.3 Å². The minimum absolute atomic E-state index is 0. The van der Waals surface area contributed by atoms with Gasteiger partial charge in [-0.2, -0.15) is 4.57 Å². The lowest BCUT2D eigenvalue weighted by molar-refractivity contribution is -0.646. The molecule has 21 heavy (non-hydrogen) atoms. The van der Waals surface area contributed by atoms with Crippen molar-refractivity contribution in [3.05, 3.63) is 60.8 Å². The molecule has 2 nitrogen and oxygen atoms in total. The maximum absolute atomic E-state index is 5.18. The zero-order chi connectivity index (χ0) is 13.9. The second-order valence-electron chi connectivity index (χ2n) is 4.62. The number of nitrogens with zero attached hydrogens (tertiary/aromatic N) is 1. The van der Waals surface area contributed by atoms with Gasteiger partial charge in [0.25, 0.3) is 0 Å². The van der Waals surface area contributed by atoms with Gasteiger partial charge in [-0.15, -0.1) is 0 Å². The maximum atomic E-state index is 5.18. The number of methoxy groups -OCH3 is 1. The molecule has 3 rings (SSSR count). The third-order valence-corrected chi connectivity index (χ3v) is 4.20. The number of rotatable bonds is 3. The Hall–Kier alpha value is -1.27. The zero-order valence-corrected chi connectivity index (χ0v) is 14.9. The number of aromatic nitrogens is 1. The van der Waals surface area contributed by atoms with E-state index >= 15 is 0 Å². The average molecular weight is 409 g/mol.